The van der Waals surface area contributed by atoms with E-state index in [1.54, 1.807) is 12.3 Å². The van der Waals surface area contributed by atoms with Crippen molar-refractivity contribution in [1.82, 2.24) is 15.0 Å². The Morgan fingerprint density at radius 1 is 1.40 bits per heavy atom. The van der Waals surface area contributed by atoms with E-state index in [2.05, 4.69) is 15.0 Å². The first kappa shape index (κ1) is 12.7. The first-order valence-corrected chi connectivity index (χ1v) is 6.70. The van der Waals surface area contributed by atoms with Gasteiger partial charge >= 0.3 is 0 Å². The van der Waals surface area contributed by atoms with Crippen molar-refractivity contribution in [2.24, 2.45) is 5.73 Å². The molecule has 0 bridgehead atoms. The van der Waals surface area contributed by atoms with Crippen LogP contribution in [-0.4, -0.2) is 27.0 Å². The van der Waals surface area contributed by atoms with Crippen molar-refractivity contribution in [3.63, 3.8) is 0 Å². The summed E-state index contributed by atoms with van der Waals surface area (Å²) in [6, 6.07) is 0. The Balaban J connectivity index is 1.97. The van der Waals surface area contributed by atoms with E-state index in [1.807, 2.05) is 0 Å². The minimum Gasteiger partial charge on any atom is -0.474 e. The molecule has 0 aromatic carbocycles. The minimum absolute atomic E-state index is 0.218. The van der Waals surface area contributed by atoms with Gasteiger partial charge in [-0.25, -0.2) is 9.97 Å². The number of amides is 1. The third kappa shape index (κ3) is 2.49. The second-order valence-electron chi connectivity index (χ2n) is 4.91. The van der Waals surface area contributed by atoms with Crippen LogP contribution in [0.4, 0.5) is 0 Å². The molecule has 0 aliphatic heterocycles. The zero-order valence-corrected chi connectivity index (χ0v) is 11.0. The maximum absolute atomic E-state index is 10.9. The number of nitrogens with zero attached hydrogens (tertiary/aromatic N) is 2. The Bertz CT molecular complexity index is 656. The van der Waals surface area contributed by atoms with Crippen molar-refractivity contribution in [1.29, 1.82) is 0 Å². The van der Waals surface area contributed by atoms with Crippen molar-refractivity contribution >= 4 is 23.0 Å². The number of aromatic amines is 1. The van der Waals surface area contributed by atoms with E-state index in [-0.39, 0.29) is 6.10 Å². The number of primary amides is 1. The number of carbonyl (C=O) groups is 1. The molecule has 1 saturated carbocycles. The Labute approximate surface area is 116 Å². The third-order valence-electron chi connectivity index (χ3n) is 3.47. The molecule has 1 fully saturated rings. The molecule has 1 aliphatic carbocycles. The Morgan fingerprint density at radius 3 is 2.95 bits per heavy atom. The zero-order valence-electron chi connectivity index (χ0n) is 11.0. The molecule has 20 heavy (non-hydrogen) atoms. The summed E-state index contributed by atoms with van der Waals surface area (Å²) in [5, 5.41) is 0.789. The highest BCUT2D eigenvalue weighted by Crippen LogP contribution is 2.30. The average molecular weight is 272 g/mol. The number of H-pyrrole nitrogens is 1. The summed E-state index contributed by atoms with van der Waals surface area (Å²) >= 11 is 0. The monoisotopic (exact) mass is 272 g/mol. The highest BCUT2D eigenvalue weighted by atomic mass is 16.5. The second-order valence-corrected chi connectivity index (χ2v) is 4.91. The fourth-order valence-electron chi connectivity index (χ4n) is 2.51. The van der Waals surface area contributed by atoms with Crippen LogP contribution in [0, 0.1) is 0 Å². The van der Waals surface area contributed by atoms with Crippen LogP contribution in [0.2, 0.25) is 0 Å². The van der Waals surface area contributed by atoms with Gasteiger partial charge in [-0.3, -0.25) is 4.79 Å². The Kier molecular flexibility index (Phi) is 3.37. The predicted molar refractivity (Wildman–Crippen MR) is 75.0 cm³/mol. The molecule has 0 unspecified atom stereocenters. The molecule has 3 N–H and O–H groups in total. The number of rotatable bonds is 4. The fourth-order valence-corrected chi connectivity index (χ4v) is 2.51. The van der Waals surface area contributed by atoms with Gasteiger partial charge in [0, 0.05) is 17.8 Å². The normalized spacial score (nSPS) is 16.2. The summed E-state index contributed by atoms with van der Waals surface area (Å²) in [5.74, 6) is 0.0710. The van der Waals surface area contributed by atoms with E-state index in [4.69, 9.17) is 10.5 Å². The van der Waals surface area contributed by atoms with Crippen molar-refractivity contribution < 1.29 is 9.53 Å². The molecule has 3 rings (SSSR count). The van der Waals surface area contributed by atoms with E-state index in [1.165, 1.54) is 25.2 Å². The van der Waals surface area contributed by atoms with Crippen molar-refractivity contribution in [3.8, 4) is 5.88 Å². The van der Waals surface area contributed by atoms with Gasteiger partial charge in [0.15, 0.2) is 0 Å². The number of carbonyl (C=O) groups excluding carboxylic acids is 1. The first-order valence-electron chi connectivity index (χ1n) is 6.70. The number of nitrogens with two attached hydrogens (primary N) is 1. The van der Waals surface area contributed by atoms with Gasteiger partial charge in [-0.05, 0) is 31.8 Å². The third-order valence-corrected chi connectivity index (χ3v) is 3.47. The quantitative estimate of drug-likeness (QED) is 0.829. The molecule has 104 valence electrons. The summed E-state index contributed by atoms with van der Waals surface area (Å²) in [5.41, 5.74) is 6.62. The number of ether oxygens (including phenoxy) is 1. The lowest BCUT2D eigenvalue weighted by molar-refractivity contribution is -0.113. The molecule has 0 atom stereocenters. The lowest BCUT2D eigenvalue weighted by atomic mass is 10.2. The smallest absolute Gasteiger partial charge is 0.241 e. The molecular weight excluding hydrogens is 256 g/mol. The molecule has 6 heteroatoms. The summed E-state index contributed by atoms with van der Waals surface area (Å²) < 4.78 is 5.97. The van der Waals surface area contributed by atoms with Crippen molar-refractivity contribution in [2.45, 2.75) is 31.8 Å². The molecule has 1 aliphatic rings. The van der Waals surface area contributed by atoms with Crippen molar-refractivity contribution in [2.75, 3.05) is 0 Å². The molecule has 1 amide bonds. The number of nitrogens with one attached hydrogen (secondary N) is 1. The number of hydrogen-bond donors (Lipinski definition) is 2. The second kappa shape index (κ2) is 5.32. The Morgan fingerprint density at radius 2 is 2.20 bits per heavy atom. The van der Waals surface area contributed by atoms with E-state index < -0.39 is 5.91 Å². The molecular formula is C14H16N4O2. The summed E-state index contributed by atoms with van der Waals surface area (Å²) in [6.07, 6.45) is 10.9. The van der Waals surface area contributed by atoms with E-state index in [0.29, 0.717) is 11.5 Å². The molecule has 2 aromatic heterocycles. The van der Waals surface area contributed by atoms with Crippen LogP contribution in [0.5, 0.6) is 5.88 Å². The highest BCUT2D eigenvalue weighted by Gasteiger charge is 2.19. The van der Waals surface area contributed by atoms with Crippen LogP contribution in [0.3, 0.4) is 0 Å². The minimum atomic E-state index is -0.491. The molecule has 0 saturated heterocycles. The standard InChI is InChI=1S/C14H16N4O2/c15-11(19)6-5-9-7-16-13-12(9)14(18-8-17-13)20-10-3-1-2-4-10/h5-8,10H,1-4H2,(H2,15,19)(H,16,17,18). The van der Waals surface area contributed by atoms with Gasteiger partial charge in [0.2, 0.25) is 11.8 Å². The number of hydrogen-bond acceptors (Lipinski definition) is 4. The topological polar surface area (TPSA) is 93.9 Å². The molecule has 2 aromatic rings. The van der Waals surface area contributed by atoms with Crippen molar-refractivity contribution in [3.05, 3.63) is 24.2 Å². The first-order chi connectivity index (χ1) is 9.74. The van der Waals surface area contributed by atoms with E-state index in [0.717, 1.165) is 23.8 Å². The van der Waals surface area contributed by atoms with Gasteiger partial charge in [-0.15, -0.1) is 0 Å². The zero-order chi connectivity index (χ0) is 13.9. The van der Waals surface area contributed by atoms with Gasteiger partial charge in [0.1, 0.15) is 18.1 Å². The molecule has 6 nitrogen and oxygen atoms in total. The van der Waals surface area contributed by atoms with E-state index >= 15 is 0 Å². The lowest BCUT2D eigenvalue weighted by Gasteiger charge is -2.12. The van der Waals surface area contributed by atoms with Crippen LogP contribution in [-0.2, 0) is 4.79 Å². The van der Waals surface area contributed by atoms with Gasteiger partial charge in [0.05, 0.1) is 5.39 Å². The summed E-state index contributed by atoms with van der Waals surface area (Å²) in [4.78, 5) is 22.3. The molecule has 0 radical (unpaired) electrons. The maximum Gasteiger partial charge on any atom is 0.241 e. The van der Waals surface area contributed by atoms with E-state index in [9.17, 15) is 4.79 Å². The van der Waals surface area contributed by atoms with Crippen LogP contribution in [0.15, 0.2) is 18.6 Å². The van der Waals surface area contributed by atoms with Crippen LogP contribution >= 0.6 is 0 Å². The Hall–Kier alpha value is -2.37. The largest absolute Gasteiger partial charge is 0.474 e. The predicted octanol–water partition coefficient (Wildman–Crippen LogP) is 1.78. The molecule has 2 heterocycles. The number of aromatic nitrogens is 3. The summed E-state index contributed by atoms with van der Waals surface area (Å²) in [6.45, 7) is 0. The van der Waals surface area contributed by atoms with Crippen LogP contribution < -0.4 is 10.5 Å². The highest BCUT2D eigenvalue weighted by molar-refractivity contribution is 5.96. The average Bonchev–Trinajstić information content (AvgIpc) is 3.06. The van der Waals surface area contributed by atoms with Gasteiger partial charge < -0.3 is 15.5 Å². The number of fused-ring (bicyclic) bond motifs is 1. The van der Waals surface area contributed by atoms with Gasteiger partial charge in [-0.2, -0.15) is 0 Å². The van der Waals surface area contributed by atoms with Crippen LogP contribution in [0.1, 0.15) is 31.2 Å². The fraction of sp³-hybridized carbons (Fsp3) is 0.357. The van der Waals surface area contributed by atoms with Gasteiger partial charge in [0.25, 0.3) is 0 Å². The maximum atomic E-state index is 10.9. The molecule has 0 spiro atoms. The van der Waals surface area contributed by atoms with Crippen LogP contribution in [0.25, 0.3) is 17.1 Å². The summed E-state index contributed by atoms with van der Waals surface area (Å²) in [7, 11) is 0. The SMILES string of the molecule is NC(=O)C=Cc1c[nH]c2ncnc(OC3CCCC3)c12. The van der Waals surface area contributed by atoms with Gasteiger partial charge in [-0.1, -0.05) is 0 Å². The lowest BCUT2D eigenvalue weighted by Crippen LogP contribution is -2.12.